The maximum Gasteiger partial charge on any atom is 0.252 e. The smallest absolute Gasteiger partial charge is 0.252 e. The summed E-state index contributed by atoms with van der Waals surface area (Å²) in [5.74, 6) is -0.248. The molecule has 3 nitrogen and oxygen atoms in total. The third-order valence-corrected chi connectivity index (χ3v) is 3.28. The second-order valence-corrected chi connectivity index (χ2v) is 6.44. The van der Waals surface area contributed by atoms with Crippen molar-refractivity contribution in [2.24, 2.45) is 5.41 Å². The van der Waals surface area contributed by atoms with E-state index in [9.17, 15) is 9.90 Å². The van der Waals surface area contributed by atoms with Crippen molar-refractivity contribution in [3.63, 3.8) is 0 Å². The number of nitrogens with one attached hydrogen (secondary N) is 1. The van der Waals surface area contributed by atoms with Crippen LogP contribution in [-0.4, -0.2) is 23.7 Å². The quantitative estimate of drug-likeness (QED) is 0.892. The van der Waals surface area contributed by atoms with E-state index in [2.05, 4.69) is 26.1 Å². The summed E-state index contributed by atoms with van der Waals surface area (Å²) >= 11 is 6.09. The first-order valence-corrected chi connectivity index (χ1v) is 6.80. The molecule has 4 heteroatoms. The number of hydrogen-bond donors (Lipinski definition) is 2. The molecule has 0 aliphatic rings. The van der Waals surface area contributed by atoms with Crippen molar-refractivity contribution in [2.75, 3.05) is 6.54 Å². The van der Waals surface area contributed by atoms with Gasteiger partial charge in [-0.1, -0.05) is 44.5 Å². The van der Waals surface area contributed by atoms with Gasteiger partial charge in [0.05, 0.1) is 16.7 Å². The lowest BCUT2D eigenvalue weighted by Crippen LogP contribution is -2.34. The highest BCUT2D eigenvalue weighted by Gasteiger charge is 2.18. The van der Waals surface area contributed by atoms with Gasteiger partial charge in [0.25, 0.3) is 5.91 Å². The molecule has 0 bridgehead atoms. The van der Waals surface area contributed by atoms with E-state index >= 15 is 0 Å². The van der Waals surface area contributed by atoms with Gasteiger partial charge in [-0.15, -0.1) is 0 Å². The number of carbonyl (C=O) groups excluding carboxylic acids is 1. The SMILES string of the molecule is Cc1cccc(C(=O)NCC(O)CC(C)(C)C)c1Cl. The average molecular weight is 284 g/mol. The van der Waals surface area contributed by atoms with Crippen LogP contribution in [0.25, 0.3) is 0 Å². The van der Waals surface area contributed by atoms with Gasteiger partial charge in [-0.05, 0) is 30.4 Å². The highest BCUT2D eigenvalue weighted by molar-refractivity contribution is 6.34. The number of halogens is 1. The Labute approximate surface area is 120 Å². The predicted octanol–water partition coefficient (Wildman–Crippen LogP) is 3.18. The Morgan fingerprint density at radius 2 is 2.05 bits per heavy atom. The molecule has 1 aromatic carbocycles. The summed E-state index contributed by atoms with van der Waals surface area (Å²) in [4.78, 5) is 12.0. The van der Waals surface area contributed by atoms with E-state index in [1.165, 1.54) is 0 Å². The fourth-order valence-corrected chi connectivity index (χ4v) is 2.12. The molecule has 0 fully saturated rings. The number of rotatable bonds is 4. The van der Waals surface area contributed by atoms with Crippen LogP contribution in [0.15, 0.2) is 18.2 Å². The number of hydrogen-bond acceptors (Lipinski definition) is 2. The van der Waals surface area contributed by atoms with Crippen LogP contribution in [0.1, 0.15) is 43.1 Å². The van der Waals surface area contributed by atoms with Gasteiger partial charge in [0.1, 0.15) is 0 Å². The molecule has 0 heterocycles. The Morgan fingerprint density at radius 1 is 1.42 bits per heavy atom. The van der Waals surface area contributed by atoms with Crippen LogP contribution in [-0.2, 0) is 0 Å². The van der Waals surface area contributed by atoms with E-state index in [1.807, 2.05) is 13.0 Å². The lowest BCUT2D eigenvalue weighted by molar-refractivity contribution is 0.0868. The summed E-state index contributed by atoms with van der Waals surface area (Å²) in [7, 11) is 0. The lowest BCUT2D eigenvalue weighted by atomic mass is 9.89. The topological polar surface area (TPSA) is 49.3 Å². The fourth-order valence-electron chi connectivity index (χ4n) is 1.91. The minimum atomic E-state index is -0.549. The number of benzene rings is 1. The molecule has 1 atom stereocenters. The molecule has 1 amide bonds. The van der Waals surface area contributed by atoms with E-state index < -0.39 is 6.10 Å². The molecule has 0 saturated carbocycles. The molecule has 106 valence electrons. The molecular formula is C15H22ClNO2. The van der Waals surface area contributed by atoms with Crippen molar-refractivity contribution in [1.82, 2.24) is 5.32 Å². The summed E-state index contributed by atoms with van der Waals surface area (Å²) in [5.41, 5.74) is 1.35. The van der Waals surface area contributed by atoms with Crippen molar-refractivity contribution >= 4 is 17.5 Å². The molecular weight excluding hydrogens is 262 g/mol. The summed E-state index contributed by atoms with van der Waals surface area (Å²) in [5, 5.41) is 13.0. The van der Waals surface area contributed by atoms with Gasteiger partial charge in [0, 0.05) is 6.54 Å². The molecule has 0 aliphatic heterocycles. The van der Waals surface area contributed by atoms with Crippen molar-refractivity contribution in [1.29, 1.82) is 0 Å². The van der Waals surface area contributed by atoms with Crippen molar-refractivity contribution in [3.05, 3.63) is 34.3 Å². The lowest BCUT2D eigenvalue weighted by Gasteiger charge is -2.22. The molecule has 1 rings (SSSR count). The molecule has 0 radical (unpaired) electrons. The molecule has 0 spiro atoms. The molecule has 0 aliphatic carbocycles. The zero-order valence-electron chi connectivity index (χ0n) is 12.0. The highest BCUT2D eigenvalue weighted by atomic mass is 35.5. The molecule has 0 saturated heterocycles. The van der Waals surface area contributed by atoms with E-state index in [0.717, 1.165) is 5.56 Å². The number of aryl methyl sites for hydroxylation is 1. The number of amides is 1. The minimum Gasteiger partial charge on any atom is -0.391 e. The molecule has 2 N–H and O–H groups in total. The largest absolute Gasteiger partial charge is 0.391 e. The van der Waals surface area contributed by atoms with Crippen molar-refractivity contribution in [3.8, 4) is 0 Å². The Bertz CT molecular complexity index is 452. The molecule has 1 aromatic rings. The monoisotopic (exact) mass is 283 g/mol. The predicted molar refractivity (Wildman–Crippen MR) is 78.6 cm³/mol. The first-order chi connectivity index (χ1) is 8.70. The average Bonchev–Trinajstić information content (AvgIpc) is 2.27. The summed E-state index contributed by atoms with van der Waals surface area (Å²) in [6.07, 6.45) is 0.0852. The zero-order chi connectivity index (χ0) is 14.6. The second-order valence-electron chi connectivity index (χ2n) is 6.07. The van der Waals surface area contributed by atoms with Crippen LogP contribution >= 0.6 is 11.6 Å². The number of aliphatic hydroxyl groups excluding tert-OH is 1. The van der Waals surface area contributed by atoms with Gasteiger partial charge in [-0.25, -0.2) is 0 Å². The molecule has 1 unspecified atom stereocenters. The van der Waals surface area contributed by atoms with Gasteiger partial charge in [-0.2, -0.15) is 0 Å². The van der Waals surface area contributed by atoms with Gasteiger partial charge in [-0.3, -0.25) is 4.79 Å². The van der Waals surface area contributed by atoms with E-state index in [4.69, 9.17) is 11.6 Å². The fraction of sp³-hybridized carbons (Fsp3) is 0.533. The Kier molecular flexibility index (Phi) is 5.39. The zero-order valence-corrected chi connectivity index (χ0v) is 12.7. The normalized spacial score (nSPS) is 13.2. The Hall–Kier alpha value is -1.06. The van der Waals surface area contributed by atoms with Crippen LogP contribution in [0, 0.1) is 12.3 Å². The van der Waals surface area contributed by atoms with Crippen LogP contribution in [0.3, 0.4) is 0 Å². The van der Waals surface area contributed by atoms with Crippen LogP contribution in [0.4, 0.5) is 0 Å². The number of aliphatic hydroxyl groups is 1. The summed E-state index contributed by atoms with van der Waals surface area (Å²) < 4.78 is 0. The third-order valence-electron chi connectivity index (χ3n) is 2.78. The van der Waals surface area contributed by atoms with Gasteiger partial charge in [0.15, 0.2) is 0 Å². The second kappa shape index (κ2) is 6.40. The van der Waals surface area contributed by atoms with Gasteiger partial charge in [0.2, 0.25) is 0 Å². The van der Waals surface area contributed by atoms with E-state index in [1.54, 1.807) is 12.1 Å². The standard InChI is InChI=1S/C15H22ClNO2/c1-10-6-5-7-12(13(10)16)14(19)17-9-11(18)8-15(2,3)4/h5-7,11,18H,8-9H2,1-4H3,(H,17,19). The van der Waals surface area contributed by atoms with Crippen LogP contribution in [0.2, 0.25) is 5.02 Å². The van der Waals surface area contributed by atoms with Crippen LogP contribution < -0.4 is 5.32 Å². The number of carbonyl (C=O) groups is 1. The molecule has 19 heavy (non-hydrogen) atoms. The van der Waals surface area contributed by atoms with Gasteiger partial charge >= 0.3 is 0 Å². The highest BCUT2D eigenvalue weighted by Crippen LogP contribution is 2.21. The van der Waals surface area contributed by atoms with Crippen LogP contribution in [0.5, 0.6) is 0 Å². The van der Waals surface area contributed by atoms with E-state index in [0.29, 0.717) is 17.0 Å². The summed E-state index contributed by atoms with van der Waals surface area (Å²) in [6, 6.07) is 5.33. The first-order valence-electron chi connectivity index (χ1n) is 6.42. The van der Waals surface area contributed by atoms with Crippen molar-refractivity contribution < 1.29 is 9.90 Å². The third kappa shape index (κ3) is 5.21. The van der Waals surface area contributed by atoms with Gasteiger partial charge < -0.3 is 10.4 Å². The van der Waals surface area contributed by atoms with Crippen molar-refractivity contribution in [2.45, 2.75) is 40.2 Å². The maximum absolute atomic E-state index is 12.0. The molecule has 0 aromatic heterocycles. The summed E-state index contributed by atoms with van der Waals surface area (Å²) in [6.45, 7) is 8.24. The Balaban J connectivity index is 2.59. The van der Waals surface area contributed by atoms with E-state index in [-0.39, 0.29) is 17.9 Å². The first kappa shape index (κ1) is 16.0. The Morgan fingerprint density at radius 3 is 2.63 bits per heavy atom. The minimum absolute atomic E-state index is 0.0329. The maximum atomic E-state index is 12.0.